The number of guanidine groups is 1. The van der Waals surface area contributed by atoms with Crippen LogP contribution in [0, 0.1) is 15.5 Å². The second kappa shape index (κ2) is 17.5. The van der Waals surface area contributed by atoms with Gasteiger partial charge in [0.15, 0.2) is 5.96 Å². The monoisotopic (exact) mass is 610 g/mol. The highest BCUT2D eigenvalue weighted by atomic mass is 35.5. The lowest BCUT2D eigenvalue weighted by Gasteiger charge is -2.39. The van der Waals surface area contributed by atoms with Crippen LogP contribution in [0.25, 0.3) is 0 Å². The number of nitrogens with two attached hydrogens (primary N) is 1. The first-order chi connectivity index (χ1) is 18.6. The molecule has 1 heterocycles. The number of amides is 2. The summed E-state index contributed by atoms with van der Waals surface area (Å²) in [5, 5.41) is 34.0. The number of carbonyl (C=O) groups is 2. The first kappa shape index (κ1) is 35.7. The van der Waals surface area contributed by atoms with Gasteiger partial charge in [-0.15, -0.1) is 24.8 Å². The van der Waals surface area contributed by atoms with Crippen molar-refractivity contribution in [2.24, 2.45) is 5.73 Å². The number of hydrogen-bond donors (Lipinski definition) is 7. The molecule has 1 fully saturated rings. The molecule has 226 valence electrons. The number of nitrogens with zero attached hydrogens (tertiary/aromatic N) is 1. The van der Waals surface area contributed by atoms with Crippen LogP contribution in [-0.2, 0) is 16.0 Å². The van der Waals surface area contributed by atoms with E-state index in [1.54, 1.807) is 0 Å². The molecule has 1 aliphatic heterocycles. The molecule has 1 unspecified atom stereocenters. The van der Waals surface area contributed by atoms with Gasteiger partial charge in [-0.3, -0.25) is 41.1 Å². The zero-order valence-electron chi connectivity index (χ0n) is 23.0. The number of nitro groups is 1. The average molecular weight is 612 g/mol. The van der Waals surface area contributed by atoms with Gasteiger partial charge in [-0.1, -0.05) is 30.3 Å². The van der Waals surface area contributed by atoms with Crippen LogP contribution in [0.3, 0.4) is 0 Å². The Hall–Kier alpha value is -3.29. The van der Waals surface area contributed by atoms with E-state index in [9.17, 15) is 19.7 Å². The van der Waals surface area contributed by atoms with Crippen LogP contribution in [0.5, 0.6) is 0 Å². The van der Waals surface area contributed by atoms with Gasteiger partial charge in [0.1, 0.15) is 0 Å². The summed E-state index contributed by atoms with van der Waals surface area (Å²) >= 11 is 0. The number of piperidine rings is 1. The van der Waals surface area contributed by atoms with Gasteiger partial charge in [-0.2, -0.15) is 0 Å². The molecule has 2 amide bonds. The van der Waals surface area contributed by atoms with Crippen molar-refractivity contribution in [1.29, 1.82) is 5.41 Å². The molecule has 0 aromatic heterocycles. The van der Waals surface area contributed by atoms with E-state index < -0.39 is 28.6 Å². The Labute approximate surface area is 252 Å². The zero-order valence-corrected chi connectivity index (χ0v) is 24.6. The normalized spacial score (nSPS) is 17.5. The number of anilines is 1. The first-order valence-corrected chi connectivity index (χ1v) is 13.2. The number of non-ortho nitro benzene ring substituents is 1. The maximum absolute atomic E-state index is 13.2. The van der Waals surface area contributed by atoms with E-state index in [4.69, 9.17) is 11.1 Å². The number of rotatable bonds is 12. The molecule has 0 bridgehead atoms. The molecule has 0 aliphatic carbocycles. The van der Waals surface area contributed by atoms with E-state index in [2.05, 4.69) is 26.6 Å². The van der Waals surface area contributed by atoms with E-state index in [0.29, 0.717) is 31.5 Å². The maximum atomic E-state index is 13.2. The first-order valence-electron chi connectivity index (χ1n) is 13.2. The Morgan fingerprint density at radius 2 is 1.78 bits per heavy atom. The highest BCUT2D eigenvalue weighted by molar-refractivity contribution is 5.98. The van der Waals surface area contributed by atoms with Crippen LogP contribution >= 0.6 is 24.8 Å². The number of halogens is 2. The molecule has 1 aliphatic rings. The molecule has 41 heavy (non-hydrogen) atoms. The van der Waals surface area contributed by atoms with Gasteiger partial charge in [0, 0.05) is 24.4 Å². The fraction of sp³-hybridized carbons (Fsp3) is 0.444. The van der Waals surface area contributed by atoms with Gasteiger partial charge in [-0.25, -0.2) is 0 Å². The van der Waals surface area contributed by atoms with E-state index >= 15 is 0 Å². The summed E-state index contributed by atoms with van der Waals surface area (Å²) in [7, 11) is 0. The van der Waals surface area contributed by atoms with Crippen LogP contribution in [0.4, 0.5) is 11.4 Å². The number of carbonyl (C=O) groups excluding carboxylic acids is 2. The largest absolute Gasteiger partial charge is 0.356 e. The van der Waals surface area contributed by atoms with Crippen LogP contribution in [0.2, 0.25) is 0 Å². The molecule has 3 atom stereocenters. The van der Waals surface area contributed by atoms with Crippen LogP contribution in [0.15, 0.2) is 54.6 Å². The molecule has 3 rings (SSSR count). The number of hydrogen-bond acceptors (Lipinski definition) is 8. The van der Waals surface area contributed by atoms with Gasteiger partial charge >= 0.3 is 0 Å². The predicted molar refractivity (Wildman–Crippen MR) is 165 cm³/mol. The Morgan fingerprint density at radius 3 is 2.39 bits per heavy atom. The molecule has 0 spiro atoms. The average Bonchev–Trinajstić information content (AvgIpc) is 2.91. The minimum atomic E-state index is -0.782. The number of nitro benzene ring substituents is 1. The Kier molecular flexibility index (Phi) is 15.3. The zero-order chi connectivity index (χ0) is 28.3. The molecular weight excluding hydrogens is 571 g/mol. The van der Waals surface area contributed by atoms with Gasteiger partial charge in [0.2, 0.25) is 11.8 Å². The van der Waals surface area contributed by atoms with Crippen molar-refractivity contribution in [1.82, 2.24) is 21.3 Å². The maximum Gasteiger partial charge on any atom is 0.269 e. The Morgan fingerprint density at radius 1 is 1.10 bits per heavy atom. The van der Waals surface area contributed by atoms with E-state index in [0.717, 1.165) is 31.4 Å². The molecule has 2 aromatic carbocycles. The van der Waals surface area contributed by atoms with Crippen molar-refractivity contribution in [3.63, 3.8) is 0 Å². The molecule has 2 aromatic rings. The van der Waals surface area contributed by atoms with E-state index in [-0.39, 0.29) is 42.4 Å². The fourth-order valence-electron chi connectivity index (χ4n) is 4.47. The third-order valence-corrected chi connectivity index (χ3v) is 6.63. The third kappa shape index (κ3) is 12.0. The summed E-state index contributed by atoms with van der Waals surface area (Å²) in [5.41, 5.74) is 6.93. The summed E-state index contributed by atoms with van der Waals surface area (Å²) in [6, 6.07) is 13.8. The summed E-state index contributed by atoms with van der Waals surface area (Å²) in [6.45, 7) is 3.24. The molecule has 0 saturated carbocycles. The fourth-order valence-corrected chi connectivity index (χ4v) is 4.47. The van der Waals surface area contributed by atoms with Crippen LogP contribution < -0.4 is 32.3 Å². The van der Waals surface area contributed by atoms with Gasteiger partial charge in [0.05, 0.1) is 22.7 Å². The Balaban J connectivity index is 0.00000420. The van der Waals surface area contributed by atoms with E-state index in [1.807, 2.05) is 37.3 Å². The SMILES string of the molecule is CC1(N[C@@H](CCCNC(=N)NC(=O)[C@H](N)Cc2ccccc2)C(=O)Nc2ccc([N+](=O)[O-])cc2)CCCCN1.Cl.Cl. The van der Waals surface area contributed by atoms with Gasteiger partial charge < -0.3 is 16.4 Å². The van der Waals surface area contributed by atoms with Crippen molar-refractivity contribution in [2.45, 2.75) is 63.2 Å². The van der Waals surface area contributed by atoms with E-state index in [1.165, 1.54) is 24.3 Å². The van der Waals surface area contributed by atoms with Crippen molar-refractivity contribution >= 4 is 54.0 Å². The minimum absolute atomic E-state index is 0. The number of nitrogens with one attached hydrogen (secondary N) is 6. The summed E-state index contributed by atoms with van der Waals surface area (Å²) in [6.07, 6.45) is 4.34. The minimum Gasteiger partial charge on any atom is -0.356 e. The number of benzene rings is 2. The molecular formula is C27H40Cl2N8O4. The van der Waals surface area contributed by atoms with Crippen molar-refractivity contribution < 1.29 is 14.5 Å². The molecule has 12 nitrogen and oxygen atoms in total. The summed E-state index contributed by atoms with van der Waals surface area (Å²) in [4.78, 5) is 36.0. The van der Waals surface area contributed by atoms with Crippen molar-refractivity contribution in [3.8, 4) is 0 Å². The van der Waals surface area contributed by atoms with Gasteiger partial charge in [0.25, 0.3) is 5.69 Å². The van der Waals surface area contributed by atoms with Crippen molar-refractivity contribution in [2.75, 3.05) is 18.4 Å². The van der Waals surface area contributed by atoms with Crippen LogP contribution in [0.1, 0.15) is 44.6 Å². The smallest absolute Gasteiger partial charge is 0.269 e. The van der Waals surface area contributed by atoms with Crippen molar-refractivity contribution in [3.05, 3.63) is 70.3 Å². The molecule has 8 N–H and O–H groups in total. The highest BCUT2D eigenvalue weighted by Gasteiger charge is 2.31. The summed E-state index contributed by atoms with van der Waals surface area (Å²) < 4.78 is 0. The highest BCUT2D eigenvalue weighted by Crippen LogP contribution is 2.19. The standard InChI is InChI=1S/C27H38N8O4.2ClH/c1-27(15-5-6-17-31-27)34-23(25(37)32-20-11-13-21(14-12-20)35(38)39)10-7-16-30-26(29)33-24(36)22(28)18-19-8-3-2-4-9-19;;/h2-4,8-9,11-14,22-23,31,34H,5-7,10,15-18,28H2,1H3,(H,32,37)(H3,29,30,33,36);2*1H/t22-,23+,27?;;/m1../s1. The van der Waals surface area contributed by atoms with Gasteiger partial charge in [-0.05, 0) is 69.7 Å². The lowest BCUT2D eigenvalue weighted by atomic mass is 9.97. The molecule has 1 saturated heterocycles. The third-order valence-electron chi connectivity index (χ3n) is 6.63. The second-order valence-corrected chi connectivity index (χ2v) is 9.94. The summed E-state index contributed by atoms with van der Waals surface area (Å²) in [5.74, 6) is -0.855. The quantitative estimate of drug-likeness (QED) is 0.0627. The second-order valence-electron chi connectivity index (χ2n) is 9.94. The van der Waals surface area contributed by atoms with Crippen LogP contribution in [-0.4, -0.2) is 53.5 Å². The lowest BCUT2D eigenvalue weighted by molar-refractivity contribution is -0.384. The lowest BCUT2D eigenvalue weighted by Crippen LogP contribution is -2.62. The topological polar surface area (TPSA) is 187 Å². The Bertz CT molecular complexity index is 1130. The molecule has 14 heteroatoms. The predicted octanol–water partition coefficient (Wildman–Crippen LogP) is 2.82. The molecule has 0 radical (unpaired) electrons.